The summed E-state index contributed by atoms with van der Waals surface area (Å²) < 4.78 is 11.4. The lowest BCUT2D eigenvalue weighted by atomic mass is 9.90. The lowest BCUT2D eigenvalue weighted by Gasteiger charge is -2.34. The molecule has 22 heavy (non-hydrogen) atoms. The van der Waals surface area contributed by atoms with Gasteiger partial charge in [-0.25, -0.2) is 0 Å². The molecule has 120 valence electrons. The topological polar surface area (TPSA) is 64.8 Å². The summed E-state index contributed by atoms with van der Waals surface area (Å²) in [5, 5.41) is 0. The monoisotopic (exact) mass is 304 g/mol. The number of piperidine rings is 1. The number of carbonyl (C=O) groups is 1. The number of nitrogens with two attached hydrogens (primary N) is 1. The van der Waals surface area contributed by atoms with Crippen LogP contribution in [0.1, 0.15) is 36.5 Å². The van der Waals surface area contributed by atoms with E-state index < -0.39 is 0 Å². The van der Waals surface area contributed by atoms with E-state index in [9.17, 15) is 4.79 Å². The molecule has 0 saturated carbocycles. The van der Waals surface area contributed by atoms with Crippen LogP contribution >= 0.6 is 0 Å². The van der Waals surface area contributed by atoms with Gasteiger partial charge in [-0.2, -0.15) is 0 Å². The molecule has 1 amide bonds. The van der Waals surface area contributed by atoms with Gasteiger partial charge in [0.15, 0.2) is 11.5 Å². The average molecular weight is 304 g/mol. The molecule has 0 spiro atoms. The molecule has 3 rings (SSSR count). The van der Waals surface area contributed by atoms with Crippen LogP contribution in [0.25, 0.3) is 0 Å². The van der Waals surface area contributed by atoms with Gasteiger partial charge in [-0.05, 0) is 37.8 Å². The second-order valence-corrected chi connectivity index (χ2v) is 6.17. The maximum Gasteiger partial charge on any atom is 0.257 e. The molecule has 2 heterocycles. The maximum atomic E-state index is 12.8. The Morgan fingerprint density at radius 2 is 2.00 bits per heavy atom. The van der Waals surface area contributed by atoms with Gasteiger partial charge in [0.05, 0.1) is 18.8 Å². The molecule has 1 aromatic rings. The zero-order valence-electron chi connectivity index (χ0n) is 13.1. The number of nitrogens with zero attached hydrogens (tertiary/aromatic N) is 1. The number of amides is 1. The molecule has 5 heteroatoms. The first-order valence-corrected chi connectivity index (χ1v) is 8.10. The number of hydrogen-bond acceptors (Lipinski definition) is 4. The SMILES string of the molecule is CC(N)C1CCN(C(=O)c2cccc3c2OCCCO3)CC1. The largest absolute Gasteiger partial charge is 0.490 e. The minimum atomic E-state index is 0.0328. The van der Waals surface area contributed by atoms with Crippen LogP contribution in [0.4, 0.5) is 0 Å². The fourth-order valence-corrected chi connectivity index (χ4v) is 3.16. The summed E-state index contributed by atoms with van der Waals surface area (Å²) >= 11 is 0. The fourth-order valence-electron chi connectivity index (χ4n) is 3.16. The van der Waals surface area contributed by atoms with Gasteiger partial charge in [0, 0.05) is 25.6 Å². The van der Waals surface area contributed by atoms with E-state index in [1.807, 2.05) is 30.0 Å². The molecular formula is C17H24N2O3. The highest BCUT2D eigenvalue weighted by Gasteiger charge is 2.28. The van der Waals surface area contributed by atoms with Gasteiger partial charge in [0.25, 0.3) is 5.91 Å². The van der Waals surface area contributed by atoms with Crippen molar-refractivity contribution in [2.75, 3.05) is 26.3 Å². The molecule has 1 atom stereocenters. The highest BCUT2D eigenvalue weighted by atomic mass is 16.5. The normalized spacial score (nSPS) is 20.4. The van der Waals surface area contributed by atoms with Crippen molar-refractivity contribution < 1.29 is 14.3 Å². The Balaban J connectivity index is 1.76. The van der Waals surface area contributed by atoms with Crippen molar-refractivity contribution in [3.8, 4) is 11.5 Å². The van der Waals surface area contributed by atoms with Crippen molar-refractivity contribution in [3.05, 3.63) is 23.8 Å². The average Bonchev–Trinajstić information content (AvgIpc) is 2.79. The number of hydrogen-bond donors (Lipinski definition) is 1. The minimum absolute atomic E-state index is 0.0328. The predicted molar refractivity (Wildman–Crippen MR) is 84.3 cm³/mol. The Morgan fingerprint density at radius 3 is 2.73 bits per heavy atom. The molecule has 2 aliphatic rings. The third kappa shape index (κ3) is 3.04. The summed E-state index contributed by atoms with van der Waals surface area (Å²) in [6, 6.07) is 5.74. The summed E-state index contributed by atoms with van der Waals surface area (Å²) in [5.74, 6) is 1.81. The first-order valence-electron chi connectivity index (χ1n) is 8.10. The zero-order chi connectivity index (χ0) is 15.5. The van der Waals surface area contributed by atoms with Gasteiger partial charge in [0.2, 0.25) is 0 Å². The van der Waals surface area contributed by atoms with E-state index >= 15 is 0 Å². The molecule has 1 aromatic carbocycles. The van der Waals surface area contributed by atoms with Gasteiger partial charge in [0.1, 0.15) is 0 Å². The van der Waals surface area contributed by atoms with Crippen LogP contribution in [-0.4, -0.2) is 43.2 Å². The first kappa shape index (κ1) is 15.2. The lowest BCUT2D eigenvalue weighted by Crippen LogP contribution is -2.42. The van der Waals surface area contributed by atoms with Crippen LogP contribution in [0, 0.1) is 5.92 Å². The zero-order valence-corrected chi connectivity index (χ0v) is 13.1. The van der Waals surface area contributed by atoms with E-state index in [0.29, 0.717) is 36.2 Å². The standard InChI is InChI=1S/C17H24N2O3/c1-12(18)13-6-8-19(9-7-13)17(20)14-4-2-5-15-16(14)22-11-3-10-21-15/h2,4-5,12-13H,3,6-11,18H2,1H3. The summed E-state index contributed by atoms with van der Waals surface area (Å²) in [4.78, 5) is 14.7. The quantitative estimate of drug-likeness (QED) is 0.908. The van der Waals surface area contributed by atoms with Crippen LogP contribution < -0.4 is 15.2 Å². The van der Waals surface area contributed by atoms with Crippen LogP contribution in [0.2, 0.25) is 0 Å². The van der Waals surface area contributed by atoms with E-state index in [0.717, 1.165) is 32.4 Å². The third-order valence-corrected chi connectivity index (χ3v) is 4.57. The van der Waals surface area contributed by atoms with Gasteiger partial charge >= 0.3 is 0 Å². The van der Waals surface area contributed by atoms with Gasteiger partial charge in [-0.1, -0.05) is 6.07 Å². The Hall–Kier alpha value is -1.75. The Morgan fingerprint density at radius 1 is 1.27 bits per heavy atom. The second kappa shape index (κ2) is 6.57. The van der Waals surface area contributed by atoms with Crippen molar-refractivity contribution in [3.63, 3.8) is 0 Å². The van der Waals surface area contributed by atoms with E-state index in [1.54, 1.807) is 0 Å². The van der Waals surface area contributed by atoms with E-state index in [2.05, 4.69) is 0 Å². The molecule has 2 aliphatic heterocycles. The number of rotatable bonds is 2. The van der Waals surface area contributed by atoms with E-state index in [-0.39, 0.29) is 11.9 Å². The Bertz CT molecular complexity index is 537. The third-order valence-electron chi connectivity index (χ3n) is 4.57. The van der Waals surface area contributed by atoms with Crippen molar-refractivity contribution in [1.29, 1.82) is 0 Å². The fraction of sp³-hybridized carbons (Fsp3) is 0.588. The predicted octanol–water partition coefficient (Wildman–Crippen LogP) is 2.05. The number of carbonyl (C=O) groups excluding carboxylic acids is 1. The Labute approximate surface area is 131 Å². The molecule has 0 radical (unpaired) electrons. The molecule has 1 fully saturated rings. The Kier molecular flexibility index (Phi) is 4.52. The van der Waals surface area contributed by atoms with Gasteiger partial charge in [-0.15, -0.1) is 0 Å². The smallest absolute Gasteiger partial charge is 0.257 e. The number of benzene rings is 1. The lowest BCUT2D eigenvalue weighted by molar-refractivity contribution is 0.0676. The summed E-state index contributed by atoms with van der Waals surface area (Å²) in [6.07, 6.45) is 2.77. The molecule has 0 aliphatic carbocycles. The highest BCUT2D eigenvalue weighted by Crippen LogP contribution is 2.34. The summed E-state index contributed by atoms with van der Waals surface area (Å²) in [6.45, 7) is 4.78. The molecule has 2 N–H and O–H groups in total. The number of fused-ring (bicyclic) bond motifs is 1. The van der Waals surface area contributed by atoms with Gasteiger partial charge in [-0.3, -0.25) is 4.79 Å². The van der Waals surface area contributed by atoms with Crippen LogP contribution in [0.15, 0.2) is 18.2 Å². The van der Waals surface area contributed by atoms with Crippen molar-refractivity contribution >= 4 is 5.91 Å². The van der Waals surface area contributed by atoms with Crippen LogP contribution in [-0.2, 0) is 0 Å². The molecule has 0 bridgehead atoms. The minimum Gasteiger partial charge on any atom is -0.490 e. The van der Waals surface area contributed by atoms with Gasteiger partial charge < -0.3 is 20.1 Å². The number of likely N-dealkylation sites (tertiary alicyclic amines) is 1. The molecule has 0 aromatic heterocycles. The molecular weight excluding hydrogens is 280 g/mol. The maximum absolute atomic E-state index is 12.8. The van der Waals surface area contributed by atoms with Crippen molar-refractivity contribution in [1.82, 2.24) is 4.90 Å². The molecule has 1 saturated heterocycles. The summed E-state index contributed by atoms with van der Waals surface area (Å²) in [7, 11) is 0. The highest BCUT2D eigenvalue weighted by molar-refractivity contribution is 5.97. The summed E-state index contributed by atoms with van der Waals surface area (Å²) in [5.41, 5.74) is 6.58. The van der Waals surface area contributed by atoms with E-state index in [1.165, 1.54) is 0 Å². The first-order chi connectivity index (χ1) is 10.7. The number of ether oxygens (including phenoxy) is 2. The second-order valence-electron chi connectivity index (χ2n) is 6.17. The number of para-hydroxylation sites is 1. The van der Waals surface area contributed by atoms with Crippen LogP contribution in [0.5, 0.6) is 11.5 Å². The molecule has 5 nitrogen and oxygen atoms in total. The van der Waals surface area contributed by atoms with Crippen LogP contribution in [0.3, 0.4) is 0 Å². The van der Waals surface area contributed by atoms with Crippen molar-refractivity contribution in [2.24, 2.45) is 11.7 Å². The molecule has 1 unspecified atom stereocenters. The van der Waals surface area contributed by atoms with E-state index in [4.69, 9.17) is 15.2 Å². The van der Waals surface area contributed by atoms with Crippen molar-refractivity contribution in [2.45, 2.75) is 32.2 Å².